The first-order valence-electron chi connectivity index (χ1n) is 8.46. The average molecular weight is 328 g/mol. The molecular formula is C19H24N2O3. The van der Waals surface area contributed by atoms with Gasteiger partial charge in [0.2, 0.25) is 0 Å². The van der Waals surface area contributed by atoms with E-state index >= 15 is 0 Å². The number of piperidine rings is 1. The van der Waals surface area contributed by atoms with E-state index < -0.39 is 0 Å². The number of likely N-dealkylation sites (tertiary alicyclic amines) is 1. The molecule has 1 aliphatic rings. The minimum Gasteiger partial charge on any atom is -0.459 e. The Kier molecular flexibility index (Phi) is 5.33. The summed E-state index contributed by atoms with van der Waals surface area (Å²) in [6.45, 7) is 4.79. The Morgan fingerprint density at radius 1 is 1.25 bits per heavy atom. The molecular weight excluding hydrogens is 304 g/mol. The van der Waals surface area contributed by atoms with Crippen molar-refractivity contribution >= 4 is 11.6 Å². The van der Waals surface area contributed by atoms with Crippen LogP contribution in [0, 0.1) is 6.92 Å². The average Bonchev–Trinajstić information content (AvgIpc) is 3.02. The Balaban J connectivity index is 1.50. The summed E-state index contributed by atoms with van der Waals surface area (Å²) in [5.74, 6) is 0.128. The van der Waals surface area contributed by atoms with Crippen LogP contribution < -0.4 is 5.32 Å². The molecule has 128 valence electrons. The van der Waals surface area contributed by atoms with Gasteiger partial charge in [0.15, 0.2) is 5.76 Å². The van der Waals surface area contributed by atoms with Crippen LogP contribution >= 0.6 is 0 Å². The second kappa shape index (κ2) is 7.64. The molecule has 2 heterocycles. The molecule has 0 aliphatic carbocycles. The van der Waals surface area contributed by atoms with Crippen molar-refractivity contribution in [3.8, 4) is 0 Å². The highest BCUT2D eigenvalue weighted by atomic mass is 16.3. The second-order valence-electron chi connectivity index (χ2n) is 6.41. The maximum absolute atomic E-state index is 12.1. The van der Waals surface area contributed by atoms with Crippen LogP contribution in [0.15, 0.2) is 41.0 Å². The van der Waals surface area contributed by atoms with E-state index in [0.29, 0.717) is 5.76 Å². The summed E-state index contributed by atoms with van der Waals surface area (Å²) in [7, 11) is 0. The van der Waals surface area contributed by atoms with Crippen molar-refractivity contribution in [3.63, 3.8) is 0 Å². The maximum Gasteiger partial charge on any atom is 0.291 e. The molecule has 1 aromatic heterocycles. The van der Waals surface area contributed by atoms with Crippen LogP contribution in [0.4, 0.5) is 5.69 Å². The van der Waals surface area contributed by atoms with Gasteiger partial charge in [-0.1, -0.05) is 12.1 Å². The zero-order chi connectivity index (χ0) is 16.9. The number of carbonyl (C=O) groups excluding carboxylic acids is 1. The molecule has 24 heavy (non-hydrogen) atoms. The molecule has 2 N–H and O–H groups in total. The number of aliphatic hydroxyl groups is 1. The first kappa shape index (κ1) is 16.7. The summed E-state index contributed by atoms with van der Waals surface area (Å²) in [4.78, 5) is 14.5. The van der Waals surface area contributed by atoms with Crippen LogP contribution in [-0.2, 0) is 6.42 Å². The van der Waals surface area contributed by atoms with Crippen molar-refractivity contribution in [2.24, 2.45) is 0 Å². The molecule has 5 nitrogen and oxygen atoms in total. The number of amides is 1. The predicted octanol–water partition coefficient (Wildman–Crippen LogP) is 2.84. The highest BCUT2D eigenvalue weighted by Crippen LogP contribution is 2.15. The summed E-state index contributed by atoms with van der Waals surface area (Å²) in [6.07, 6.45) is 4.12. The summed E-state index contributed by atoms with van der Waals surface area (Å²) in [5.41, 5.74) is 2.84. The van der Waals surface area contributed by atoms with Gasteiger partial charge in [0, 0.05) is 30.9 Å². The van der Waals surface area contributed by atoms with Gasteiger partial charge >= 0.3 is 0 Å². The van der Waals surface area contributed by atoms with Crippen LogP contribution in [0.5, 0.6) is 0 Å². The van der Waals surface area contributed by atoms with E-state index in [2.05, 4.69) is 10.2 Å². The lowest BCUT2D eigenvalue weighted by atomic mass is 10.1. The van der Waals surface area contributed by atoms with E-state index in [4.69, 9.17) is 4.42 Å². The highest BCUT2D eigenvalue weighted by Gasteiger charge is 2.16. The number of benzene rings is 1. The number of aryl methyl sites for hydroxylation is 1. The molecule has 3 rings (SSSR count). The minimum atomic E-state index is -0.225. The van der Waals surface area contributed by atoms with E-state index in [1.165, 1.54) is 11.8 Å². The molecule has 0 atom stereocenters. The van der Waals surface area contributed by atoms with Gasteiger partial charge in [-0.25, -0.2) is 0 Å². The number of aliphatic hydroxyl groups excluding tert-OH is 1. The molecule has 0 unspecified atom stereocenters. The Morgan fingerprint density at radius 3 is 2.58 bits per heavy atom. The van der Waals surface area contributed by atoms with E-state index in [0.717, 1.165) is 50.1 Å². The standard InChI is InChI=1S/C19H24N2O3/c1-14-9-13-24-18(14)19(23)20-16-4-2-15(3-5-16)6-10-21-11-7-17(22)8-12-21/h2-5,9,13,17,22H,6-8,10-12H2,1H3,(H,20,23). The molecule has 2 aromatic rings. The smallest absolute Gasteiger partial charge is 0.291 e. The van der Waals surface area contributed by atoms with Gasteiger partial charge in [0.05, 0.1) is 12.4 Å². The number of nitrogens with zero attached hydrogens (tertiary/aromatic N) is 1. The molecule has 1 aliphatic heterocycles. The third-order valence-corrected chi connectivity index (χ3v) is 4.55. The third kappa shape index (κ3) is 4.24. The van der Waals surface area contributed by atoms with E-state index in [-0.39, 0.29) is 12.0 Å². The maximum atomic E-state index is 12.1. The van der Waals surface area contributed by atoms with Crippen LogP contribution in [0.1, 0.15) is 34.5 Å². The topological polar surface area (TPSA) is 65.7 Å². The molecule has 5 heteroatoms. The van der Waals surface area contributed by atoms with Crippen molar-refractivity contribution in [1.82, 2.24) is 4.90 Å². The first-order valence-corrected chi connectivity index (χ1v) is 8.46. The largest absolute Gasteiger partial charge is 0.459 e. The fraction of sp³-hybridized carbons (Fsp3) is 0.421. The van der Waals surface area contributed by atoms with E-state index in [1.54, 1.807) is 6.07 Å². The predicted molar refractivity (Wildman–Crippen MR) is 93.2 cm³/mol. The van der Waals surface area contributed by atoms with Gasteiger partial charge in [0.1, 0.15) is 0 Å². The molecule has 0 radical (unpaired) electrons. The lowest BCUT2D eigenvalue weighted by molar-refractivity contribution is 0.0832. The zero-order valence-corrected chi connectivity index (χ0v) is 14.0. The normalized spacial score (nSPS) is 16.2. The van der Waals surface area contributed by atoms with Crippen molar-refractivity contribution in [2.45, 2.75) is 32.3 Å². The fourth-order valence-electron chi connectivity index (χ4n) is 2.98. The van der Waals surface area contributed by atoms with E-state index in [9.17, 15) is 9.90 Å². The van der Waals surface area contributed by atoms with Gasteiger partial charge in [0.25, 0.3) is 5.91 Å². The van der Waals surface area contributed by atoms with Crippen LogP contribution in [0.2, 0.25) is 0 Å². The Bertz CT molecular complexity index is 670. The quantitative estimate of drug-likeness (QED) is 0.886. The molecule has 0 saturated carbocycles. The number of furan rings is 1. The third-order valence-electron chi connectivity index (χ3n) is 4.55. The second-order valence-corrected chi connectivity index (χ2v) is 6.41. The number of nitrogens with one attached hydrogen (secondary N) is 1. The molecule has 0 spiro atoms. The summed E-state index contributed by atoms with van der Waals surface area (Å²) >= 11 is 0. The molecule has 0 bridgehead atoms. The molecule has 1 fully saturated rings. The van der Waals surface area contributed by atoms with Crippen molar-refractivity contribution in [3.05, 3.63) is 53.5 Å². The minimum absolute atomic E-state index is 0.123. The SMILES string of the molecule is Cc1ccoc1C(=O)Nc1ccc(CCN2CCC(O)CC2)cc1. The Hall–Kier alpha value is -2.11. The van der Waals surface area contributed by atoms with Crippen molar-refractivity contribution < 1.29 is 14.3 Å². The number of hydrogen-bond acceptors (Lipinski definition) is 4. The van der Waals surface area contributed by atoms with Crippen LogP contribution in [-0.4, -0.2) is 41.7 Å². The Labute approximate surface area is 142 Å². The highest BCUT2D eigenvalue weighted by molar-refractivity contribution is 6.03. The van der Waals surface area contributed by atoms with Gasteiger partial charge in [-0.3, -0.25) is 4.79 Å². The van der Waals surface area contributed by atoms with Gasteiger partial charge in [-0.2, -0.15) is 0 Å². The number of hydrogen-bond donors (Lipinski definition) is 2. The Morgan fingerprint density at radius 2 is 1.96 bits per heavy atom. The lowest BCUT2D eigenvalue weighted by Gasteiger charge is -2.29. The summed E-state index contributed by atoms with van der Waals surface area (Å²) < 4.78 is 5.20. The molecule has 1 aromatic carbocycles. The van der Waals surface area contributed by atoms with Gasteiger partial charge in [-0.15, -0.1) is 0 Å². The van der Waals surface area contributed by atoms with Crippen molar-refractivity contribution in [1.29, 1.82) is 0 Å². The monoisotopic (exact) mass is 328 g/mol. The first-order chi connectivity index (χ1) is 11.6. The number of carbonyl (C=O) groups is 1. The molecule has 1 saturated heterocycles. The van der Waals surface area contributed by atoms with Crippen LogP contribution in [0.3, 0.4) is 0 Å². The van der Waals surface area contributed by atoms with Crippen molar-refractivity contribution in [2.75, 3.05) is 25.0 Å². The zero-order valence-electron chi connectivity index (χ0n) is 14.0. The summed E-state index contributed by atoms with van der Waals surface area (Å²) in [5, 5.41) is 12.4. The number of anilines is 1. The van der Waals surface area contributed by atoms with Gasteiger partial charge in [-0.05, 0) is 49.9 Å². The lowest BCUT2D eigenvalue weighted by Crippen LogP contribution is -2.37. The molecule has 1 amide bonds. The fourth-order valence-corrected chi connectivity index (χ4v) is 2.98. The van der Waals surface area contributed by atoms with Crippen LogP contribution in [0.25, 0.3) is 0 Å². The summed E-state index contributed by atoms with van der Waals surface area (Å²) in [6, 6.07) is 9.71. The van der Waals surface area contributed by atoms with Gasteiger partial charge < -0.3 is 19.7 Å². The van der Waals surface area contributed by atoms with E-state index in [1.807, 2.05) is 31.2 Å². The number of rotatable bonds is 5.